The number of carbonyl (C=O) groups is 1. The Morgan fingerprint density at radius 3 is 2.87 bits per heavy atom. The van der Waals surface area contributed by atoms with E-state index < -0.39 is 0 Å². The summed E-state index contributed by atoms with van der Waals surface area (Å²) >= 11 is 0. The first-order valence-electron chi connectivity index (χ1n) is 8.89. The fourth-order valence-electron chi connectivity index (χ4n) is 4.56. The molecule has 1 amide bonds. The Morgan fingerprint density at radius 2 is 2.09 bits per heavy atom. The first-order chi connectivity index (χ1) is 11.3. The number of hydrogen-bond acceptors (Lipinski definition) is 4. The van der Waals surface area contributed by atoms with Crippen molar-refractivity contribution in [2.45, 2.75) is 44.7 Å². The monoisotopic (exact) mass is 318 g/mol. The first kappa shape index (κ1) is 15.2. The van der Waals surface area contributed by atoms with Gasteiger partial charge in [-0.15, -0.1) is 0 Å². The third kappa shape index (κ3) is 2.92. The predicted molar refractivity (Wildman–Crippen MR) is 85.8 cm³/mol. The van der Waals surface area contributed by atoms with Gasteiger partial charge in [-0.3, -0.25) is 9.69 Å². The Balaban J connectivity index is 1.44. The molecule has 0 unspecified atom stereocenters. The number of carbonyl (C=O) groups excluding carboxylic acids is 1. The Kier molecular flexibility index (Phi) is 4.16. The lowest BCUT2D eigenvalue weighted by molar-refractivity contribution is -0.150. The lowest BCUT2D eigenvalue weighted by atomic mass is 9.77. The molecule has 4 heterocycles. The van der Waals surface area contributed by atoms with Crippen LogP contribution in [0.3, 0.4) is 0 Å². The van der Waals surface area contributed by atoms with Gasteiger partial charge in [0.1, 0.15) is 0 Å². The van der Waals surface area contributed by atoms with Gasteiger partial charge in [0, 0.05) is 44.5 Å². The molecule has 23 heavy (non-hydrogen) atoms. The zero-order valence-corrected chi connectivity index (χ0v) is 13.7. The van der Waals surface area contributed by atoms with E-state index in [4.69, 9.17) is 9.15 Å². The number of hydrogen-bond donors (Lipinski definition) is 0. The van der Waals surface area contributed by atoms with Gasteiger partial charge in [0.05, 0.1) is 17.9 Å². The highest BCUT2D eigenvalue weighted by Gasteiger charge is 2.49. The summed E-state index contributed by atoms with van der Waals surface area (Å²) in [6, 6.07) is 2.42. The minimum Gasteiger partial charge on any atom is -0.472 e. The number of piperidine rings is 1. The van der Waals surface area contributed by atoms with Crippen molar-refractivity contribution in [3.63, 3.8) is 0 Å². The summed E-state index contributed by atoms with van der Waals surface area (Å²) in [7, 11) is 0. The Hall–Kier alpha value is -1.33. The quantitative estimate of drug-likeness (QED) is 0.858. The molecule has 0 radical (unpaired) electrons. The van der Waals surface area contributed by atoms with Crippen molar-refractivity contribution in [1.29, 1.82) is 0 Å². The van der Waals surface area contributed by atoms with E-state index in [1.807, 2.05) is 12.3 Å². The lowest BCUT2D eigenvalue weighted by Gasteiger charge is -2.44. The highest BCUT2D eigenvalue weighted by molar-refractivity contribution is 5.84. The summed E-state index contributed by atoms with van der Waals surface area (Å²) in [4.78, 5) is 17.8. The average molecular weight is 318 g/mol. The Morgan fingerprint density at radius 1 is 1.22 bits per heavy atom. The van der Waals surface area contributed by atoms with Crippen LogP contribution in [0, 0.1) is 5.41 Å². The van der Waals surface area contributed by atoms with Crippen LogP contribution in [0.5, 0.6) is 0 Å². The molecule has 3 fully saturated rings. The van der Waals surface area contributed by atoms with Crippen LogP contribution in [0.2, 0.25) is 0 Å². The number of furan rings is 1. The number of nitrogens with zero attached hydrogens (tertiary/aromatic N) is 2. The minimum absolute atomic E-state index is 0.139. The SMILES string of the molecule is O=C1N(C2CCOCC2)CCC[C@@]12CCN(Cc1ccoc1)C2. The normalized spacial score (nSPS) is 30.4. The summed E-state index contributed by atoms with van der Waals surface area (Å²) in [5, 5.41) is 0. The predicted octanol–water partition coefficient (Wildman–Crippen LogP) is 2.27. The maximum absolute atomic E-state index is 13.2. The Labute approximate surface area is 137 Å². The standard InChI is InChI=1S/C18H26N2O3/c21-17-18(5-1-7-20(17)16-3-10-22-11-4-16)6-8-19(14-18)12-15-2-9-23-13-15/h2,9,13,16H,1,3-8,10-12,14H2/t18-/m0/s1. The molecule has 1 aromatic rings. The van der Waals surface area contributed by atoms with Gasteiger partial charge in [-0.05, 0) is 44.7 Å². The van der Waals surface area contributed by atoms with Gasteiger partial charge in [-0.2, -0.15) is 0 Å². The summed E-state index contributed by atoms with van der Waals surface area (Å²) in [6.07, 6.45) is 8.72. The molecule has 3 saturated heterocycles. The van der Waals surface area contributed by atoms with Gasteiger partial charge >= 0.3 is 0 Å². The van der Waals surface area contributed by atoms with Crippen molar-refractivity contribution < 1.29 is 13.9 Å². The van der Waals surface area contributed by atoms with Gasteiger partial charge in [-0.1, -0.05) is 0 Å². The van der Waals surface area contributed by atoms with Gasteiger partial charge in [0.15, 0.2) is 0 Å². The molecule has 5 nitrogen and oxygen atoms in total. The van der Waals surface area contributed by atoms with Crippen molar-refractivity contribution in [2.24, 2.45) is 5.41 Å². The molecule has 5 heteroatoms. The van der Waals surface area contributed by atoms with E-state index in [9.17, 15) is 4.79 Å². The second kappa shape index (κ2) is 6.29. The molecule has 1 atom stereocenters. The largest absolute Gasteiger partial charge is 0.472 e. The second-order valence-corrected chi connectivity index (χ2v) is 7.32. The van der Waals surface area contributed by atoms with Crippen LogP contribution in [0.15, 0.2) is 23.0 Å². The maximum Gasteiger partial charge on any atom is 0.230 e. The third-order valence-electron chi connectivity index (χ3n) is 5.82. The van der Waals surface area contributed by atoms with Gasteiger partial charge in [0.25, 0.3) is 0 Å². The van der Waals surface area contributed by atoms with Crippen molar-refractivity contribution >= 4 is 5.91 Å². The zero-order chi connectivity index (χ0) is 15.7. The van der Waals surface area contributed by atoms with Crippen LogP contribution in [-0.4, -0.2) is 54.6 Å². The average Bonchev–Trinajstić information content (AvgIpc) is 3.23. The molecule has 0 aromatic carbocycles. The molecule has 126 valence electrons. The topological polar surface area (TPSA) is 45.9 Å². The van der Waals surface area contributed by atoms with Crippen molar-refractivity contribution in [1.82, 2.24) is 9.80 Å². The van der Waals surface area contributed by atoms with E-state index in [1.54, 1.807) is 6.26 Å². The zero-order valence-electron chi connectivity index (χ0n) is 13.7. The molecule has 3 aliphatic heterocycles. The maximum atomic E-state index is 13.2. The fraction of sp³-hybridized carbons (Fsp3) is 0.722. The fourth-order valence-corrected chi connectivity index (χ4v) is 4.56. The molecule has 0 saturated carbocycles. The molecular formula is C18H26N2O3. The molecular weight excluding hydrogens is 292 g/mol. The third-order valence-corrected chi connectivity index (χ3v) is 5.82. The highest BCUT2D eigenvalue weighted by Crippen LogP contribution is 2.41. The molecule has 0 N–H and O–H groups in total. The van der Waals surface area contributed by atoms with E-state index in [0.717, 1.165) is 71.5 Å². The lowest BCUT2D eigenvalue weighted by Crippen LogP contribution is -2.54. The summed E-state index contributed by atoms with van der Waals surface area (Å²) in [6.45, 7) is 5.34. The van der Waals surface area contributed by atoms with Crippen LogP contribution in [0.4, 0.5) is 0 Å². The smallest absolute Gasteiger partial charge is 0.230 e. The molecule has 0 bridgehead atoms. The highest BCUT2D eigenvalue weighted by atomic mass is 16.5. The summed E-state index contributed by atoms with van der Waals surface area (Å²) in [5.74, 6) is 0.408. The Bertz CT molecular complexity index is 538. The number of ether oxygens (including phenoxy) is 1. The van der Waals surface area contributed by atoms with Gasteiger partial charge < -0.3 is 14.1 Å². The summed E-state index contributed by atoms with van der Waals surface area (Å²) in [5.41, 5.74) is 1.06. The van der Waals surface area contributed by atoms with E-state index in [0.29, 0.717) is 11.9 Å². The number of likely N-dealkylation sites (tertiary alicyclic amines) is 2. The van der Waals surface area contributed by atoms with Crippen LogP contribution in [0.25, 0.3) is 0 Å². The molecule has 0 aliphatic carbocycles. The molecule has 3 aliphatic rings. The molecule has 1 spiro atoms. The van der Waals surface area contributed by atoms with Crippen LogP contribution >= 0.6 is 0 Å². The van der Waals surface area contributed by atoms with Crippen molar-refractivity contribution in [2.75, 3.05) is 32.8 Å². The van der Waals surface area contributed by atoms with E-state index >= 15 is 0 Å². The number of amides is 1. The van der Waals surface area contributed by atoms with Crippen LogP contribution in [-0.2, 0) is 16.1 Å². The number of rotatable bonds is 3. The minimum atomic E-state index is -0.139. The van der Waals surface area contributed by atoms with E-state index in [2.05, 4.69) is 9.80 Å². The first-order valence-corrected chi connectivity index (χ1v) is 8.89. The van der Waals surface area contributed by atoms with Crippen LogP contribution < -0.4 is 0 Å². The van der Waals surface area contributed by atoms with Crippen molar-refractivity contribution in [3.8, 4) is 0 Å². The van der Waals surface area contributed by atoms with E-state index in [1.165, 1.54) is 5.56 Å². The van der Waals surface area contributed by atoms with Crippen molar-refractivity contribution in [3.05, 3.63) is 24.2 Å². The van der Waals surface area contributed by atoms with Crippen LogP contribution in [0.1, 0.15) is 37.7 Å². The molecule has 1 aromatic heterocycles. The van der Waals surface area contributed by atoms with E-state index in [-0.39, 0.29) is 5.41 Å². The molecule has 4 rings (SSSR count). The summed E-state index contributed by atoms with van der Waals surface area (Å²) < 4.78 is 10.6. The van der Waals surface area contributed by atoms with Gasteiger partial charge in [-0.25, -0.2) is 0 Å². The second-order valence-electron chi connectivity index (χ2n) is 7.32. The van der Waals surface area contributed by atoms with Gasteiger partial charge in [0.2, 0.25) is 5.91 Å².